The lowest BCUT2D eigenvalue weighted by atomic mass is 9.86. The van der Waals surface area contributed by atoms with Crippen molar-refractivity contribution in [1.82, 2.24) is 10.2 Å². The summed E-state index contributed by atoms with van der Waals surface area (Å²) in [6.45, 7) is 17.9. The van der Waals surface area contributed by atoms with Gasteiger partial charge in [0.25, 0.3) is 0 Å². The number of hydrogen-bond donors (Lipinski definition) is 1. The van der Waals surface area contributed by atoms with Crippen molar-refractivity contribution in [2.24, 2.45) is 23.7 Å². The third-order valence-electron chi connectivity index (χ3n) is 4.19. The van der Waals surface area contributed by atoms with Crippen LogP contribution in [0.4, 0.5) is 0 Å². The van der Waals surface area contributed by atoms with Crippen molar-refractivity contribution in [2.45, 2.75) is 47.5 Å². The minimum Gasteiger partial charge on any atom is -0.316 e. The van der Waals surface area contributed by atoms with Gasteiger partial charge in [0.2, 0.25) is 0 Å². The summed E-state index contributed by atoms with van der Waals surface area (Å²) < 4.78 is 0. The van der Waals surface area contributed by atoms with E-state index in [1.807, 2.05) is 0 Å². The zero-order valence-corrected chi connectivity index (χ0v) is 13.2. The maximum absolute atomic E-state index is 3.57. The predicted octanol–water partition coefficient (Wildman–Crippen LogP) is 3.24. The van der Waals surface area contributed by atoms with Crippen molar-refractivity contribution in [3.8, 4) is 0 Å². The zero-order valence-electron chi connectivity index (χ0n) is 13.2. The minimum absolute atomic E-state index is 0.763. The van der Waals surface area contributed by atoms with Gasteiger partial charge in [-0.25, -0.2) is 0 Å². The maximum atomic E-state index is 3.57. The molecule has 0 amide bonds. The molecular weight excluding hydrogens is 220 g/mol. The fourth-order valence-electron chi connectivity index (χ4n) is 2.93. The molecule has 1 saturated heterocycles. The van der Waals surface area contributed by atoms with Crippen LogP contribution in [-0.2, 0) is 0 Å². The molecule has 1 aliphatic heterocycles. The number of hydrogen-bond acceptors (Lipinski definition) is 2. The lowest BCUT2D eigenvalue weighted by Crippen LogP contribution is -2.40. The third-order valence-corrected chi connectivity index (χ3v) is 4.19. The van der Waals surface area contributed by atoms with Crippen LogP contribution < -0.4 is 5.32 Å². The van der Waals surface area contributed by atoms with Crippen molar-refractivity contribution >= 4 is 0 Å². The Balaban J connectivity index is 2.12. The number of rotatable bonds is 7. The number of piperidine rings is 1. The van der Waals surface area contributed by atoms with E-state index in [2.05, 4.69) is 44.8 Å². The van der Waals surface area contributed by atoms with Crippen molar-refractivity contribution in [3.05, 3.63) is 0 Å². The number of nitrogens with zero attached hydrogens (tertiary/aromatic N) is 1. The summed E-state index contributed by atoms with van der Waals surface area (Å²) in [5.41, 5.74) is 0. The summed E-state index contributed by atoms with van der Waals surface area (Å²) in [6.07, 6.45) is 2.81. The molecule has 108 valence electrons. The Bertz CT molecular complexity index is 205. The van der Waals surface area contributed by atoms with Crippen LogP contribution in [0.1, 0.15) is 47.5 Å². The zero-order chi connectivity index (χ0) is 13.5. The highest BCUT2D eigenvalue weighted by Crippen LogP contribution is 2.24. The van der Waals surface area contributed by atoms with E-state index in [9.17, 15) is 0 Å². The molecule has 0 radical (unpaired) electrons. The molecule has 1 aliphatic rings. The topological polar surface area (TPSA) is 15.3 Å². The van der Waals surface area contributed by atoms with Gasteiger partial charge in [-0.2, -0.15) is 0 Å². The van der Waals surface area contributed by atoms with E-state index < -0.39 is 0 Å². The standard InChI is InChI=1S/C16H34N2/c1-13(2)10-17-11-15(5)12-18-8-6-16(7-9-18)14(3)4/h13-17H,6-12H2,1-5H3. The van der Waals surface area contributed by atoms with Gasteiger partial charge in [-0.05, 0) is 62.7 Å². The van der Waals surface area contributed by atoms with Crippen LogP contribution in [0.2, 0.25) is 0 Å². The average molecular weight is 254 g/mol. The van der Waals surface area contributed by atoms with E-state index in [1.54, 1.807) is 0 Å². The van der Waals surface area contributed by atoms with E-state index in [0.717, 1.165) is 30.2 Å². The van der Waals surface area contributed by atoms with Crippen LogP contribution in [0, 0.1) is 23.7 Å². The molecule has 1 fully saturated rings. The Morgan fingerprint density at radius 1 is 1.00 bits per heavy atom. The highest BCUT2D eigenvalue weighted by atomic mass is 15.1. The third kappa shape index (κ3) is 6.19. The van der Waals surface area contributed by atoms with Gasteiger partial charge in [0.15, 0.2) is 0 Å². The highest BCUT2D eigenvalue weighted by molar-refractivity contribution is 4.75. The van der Waals surface area contributed by atoms with Crippen molar-refractivity contribution in [1.29, 1.82) is 0 Å². The molecule has 2 nitrogen and oxygen atoms in total. The Labute approximate surface area is 115 Å². The first-order valence-corrected chi connectivity index (χ1v) is 7.92. The lowest BCUT2D eigenvalue weighted by Gasteiger charge is -2.35. The number of likely N-dealkylation sites (tertiary alicyclic amines) is 1. The molecule has 2 heteroatoms. The average Bonchev–Trinajstić information content (AvgIpc) is 2.29. The van der Waals surface area contributed by atoms with E-state index in [-0.39, 0.29) is 0 Å². The Morgan fingerprint density at radius 3 is 2.11 bits per heavy atom. The SMILES string of the molecule is CC(C)CNCC(C)CN1CCC(C(C)C)CC1. The Kier molecular flexibility index (Phi) is 7.25. The van der Waals surface area contributed by atoms with Gasteiger partial charge >= 0.3 is 0 Å². The first-order valence-electron chi connectivity index (χ1n) is 7.92. The predicted molar refractivity (Wildman–Crippen MR) is 80.9 cm³/mol. The van der Waals surface area contributed by atoms with Crippen LogP contribution in [0.5, 0.6) is 0 Å². The van der Waals surface area contributed by atoms with E-state index >= 15 is 0 Å². The molecule has 1 heterocycles. The molecule has 0 spiro atoms. The molecule has 0 aliphatic carbocycles. The summed E-state index contributed by atoms with van der Waals surface area (Å²) in [5, 5.41) is 3.57. The maximum Gasteiger partial charge on any atom is 0.00191 e. The molecule has 0 bridgehead atoms. The molecule has 0 saturated carbocycles. The van der Waals surface area contributed by atoms with Crippen molar-refractivity contribution < 1.29 is 0 Å². The molecular formula is C16H34N2. The molecule has 0 aromatic rings. The molecule has 1 atom stereocenters. The fourth-order valence-corrected chi connectivity index (χ4v) is 2.93. The lowest BCUT2D eigenvalue weighted by molar-refractivity contribution is 0.141. The number of nitrogens with one attached hydrogen (secondary N) is 1. The molecule has 1 unspecified atom stereocenters. The monoisotopic (exact) mass is 254 g/mol. The normalized spacial score (nSPS) is 20.8. The quantitative estimate of drug-likeness (QED) is 0.750. The van der Waals surface area contributed by atoms with Crippen molar-refractivity contribution in [2.75, 3.05) is 32.7 Å². The van der Waals surface area contributed by atoms with Gasteiger partial charge in [-0.15, -0.1) is 0 Å². The van der Waals surface area contributed by atoms with Crippen LogP contribution in [0.15, 0.2) is 0 Å². The molecule has 0 aromatic heterocycles. The summed E-state index contributed by atoms with van der Waals surface area (Å²) >= 11 is 0. The fraction of sp³-hybridized carbons (Fsp3) is 1.00. The molecule has 18 heavy (non-hydrogen) atoms. The summed E-state index contributed by atoms with van der Waals surface area (Å²) in [5.74, 6) is 3.38. The molecule has 1 rings (SSSR count). The van der Waals surface area contributed by atoms with Gasteiger partial charge in [0, 0.05) is 6.54 Å². The Morgan fingerprint density at radius 2 is 1.61 bits per heavy atom. The first-order chi connectivity index (χ1) is 8.49. The minimum atomic E-state index is 0.763. The molecule has 1 N–H and O–H groups in total. The van der Waals surface area contributed by atoms with Crippen molar-refractivity contribution in [3.63, 3.8) is 0 Å². The summed E-state index contributed by atoms with van der Waals surface area (Å²) in [6, 6.07) is 0. The van der Waals surface area contributed by atoms with Gasteiger partial charge in [0.1, 0.15) is 0 Å². The highest BCUT2D eigenvalue weighted by Gasteiger charge is 2.22. The summed E-state index contributed by atoms with van der Waals surface area (Å²) in [7, 11) is 0. The van der Waals surface area contributed by atoms with E-state index in [0.29, 0.717) is 0 Å². The first kappa shape index (κ1) is 16.0. The van der Waals surface area contributed by atoms with Crippen LogP contribution in [-0.4, -0.2) is 37.6 Å². The largest absolute Gasteiger partial charge is 0.316 e. The van der Waals surface area contributed by atoms with Gasteiger partial charge in [-0.1, -0.05) is 34.6 Å². The van der Waals surface area contributed by atoms with Crippen LogP contribution in [0.3, 0.4) is 0 Å². The van der Waals surface area contributed by atoms with E-state index in [4.69, 9.17) is 0 Å². The van der Waals surface area contributed by atoms with Crippen LogP contribution in [0.25, 0.3) is 0 Å². The molecule has 0 aromatic carbocycles. The van der Waals surface area contributed by atoms with E-state index in [1.165, 1.54) is 39.0 Å². The second kappa shape index (κ2) is 8.16. The van der Waals surface area contributed by atoms with Gasteiger partial charge in [-0.3, -0.25) is 0 Å². The van der Waals surface area contributed by atoms with Crippen LogP contribution >= 0.6 is 0 Å². The van der Waals surface area contributed by atoms with Gasteiger partial charge < -0.3 is 10.2 Å². The Hall–Kier alpha value is -0.0800. The van der Waals surface area contributed by atoms with Gasteiger partial charge in [0.05, 0.1) is 0 Å². The smallest absolute Gasteiger partial charge is 0.00191 e. The summed E-state index contributed by atoms with van der Waals surface area (Å²) in [4.78, 5) is 2.67. The second-order valence-corrected chi connectivity index (χ2v) is 7.04. The second-order valence-electron chi connectivity index (χ2n) is 7.04.